The summed E-state index contributed by atoms with van der Waals surface area (Å²) < 4.78 is 35.9. The zero-order valence-corrected chi connectivity index (χ0v) is 17.0. The highest BCUT2D eigenvalue weighted by Crippen LogP contribution is 2.43. The zero-order valence-electron chi connectivity index (χ0n) is 16.1. The third kappa shape index (κ3) is 3.38. The Balaban J connectivity index is 1.77. The first-order chi connectivity index (χ1) is 13.4. The molecule has 4 rings (SSSR count). The number of sulfonamides is 1. The number of aryl methyl sites for hydroxylation is 1. The summed E-state index contributed by atoms with van der Waals surface area (Å²) >= 11 is 0. The monoisotopic (exact) mass is 397 g/mol. The lowest BCUT2D eigenvalue weighted by Crippen LogP contribution is -2.16. The van der Waals surface area contributed by atoms with Crippen molar-refractivity contribution in [3.63, 3.8) is 0 Å². The molecule has 0 amide bonds. The van der Waals surface area contributed by atoms with Gasteiger partial charge in [-0.25, -0.2) is 13.1 Å². The summed E-state index contributed by atoms with van der Waals surface area (Å²) in [4.78, 5) is 0.194. The summed E-state index contributed by atoms with van der Waals surface area (Å²) in [5.41, 5.74) is 3.42. The second-order valence-corrected chi connectivity index (χ2v) is 8.80. The lowest BCUT2D eigenvalue weighted by Gasteiger charge is -2.13. The minimum Gasteiger partial charge on any atom is -0.496 e. The summed E-state index contributed by atoms with van der Waals surface area (Å²) in [7, 11) is -2.21. The third-order valence-corrected chi connectivity index (χ3v) is 6.37. The van der Waals surface area contributed by atoms with Crippen LogP contribution in [0, 0.1) is 13.8 Å². The van der Waals surface area contributed by atoms with Crippen molar-refractivity contribution in [2.45, 2.75) is 37.5 Å². The predicted octanol–water partition coefficient (Wildman–Crippen LogP) is 4.18. The molecule has 1 N–H and O–H groups in total. The topological polar surface area (TPSA) is 73.2 Å². The number of hydrogen-bond acceptors (Lipinski definition) is 4. The number of ether oxygens (including phenoxy) is 1. The molecule has 1 saturated carbocycles. The van der Waals surface area contributed by atoms with E-state index in [1.165, 1.54) is 0 Å². The molecule has 0 radical (unpaired) electrons. The van der Waals surface area contributed by atoms with Crippen LogP contribution in [-0.4, -0.2) is 25.3 Å². The maximum atomic E-state index is 13.1. The Kier molecular flexibility index (Phi) is 4.63. The molecule has 0 bridgehead atoms. The van der Waals surface area contributed by atoms with Crippen LogP contribution in [0.1, 0.15) is 35.6 Å². The van der Waals surface area contributed by atoms with Crippen LogP contribution >= 0.6 is 0 Å². The molecule has 3 aromatic rings. The molecule has 1 aromatic heterocycles. The first kappa shape index (κ1) is 18.6. The molecule has 6 nitrogen and oxygen atoms in total. The van der Waals surface area contributed by atoms with Crippen LogP contribution < -0.4 is 9.46 Å². The average molecular weight is 398 g/mol. The molecule has 0 unspecified atom stereocenters. The van der Waals surface area contributed by atoms with Crippen molar-refractivity contribution in [2.24, 2.45) is 0 Å². The van der Waals surface area contributed by atoms with Gasteiger partial charge >= 0.3 is 0 Å². The number of para-hydroxylation sites is 1. The fraction of sp³-hybridized carbons (Fsp3) is 0.286. The fourth-order valence-corrected chi connectivity index (χ4v) is 4.53. The van der Waals surface area contributed by atoms with Crippen molar-refractivity contribution in [3.8, 4) is 11.4 Å². The van der Waals surface area contributed by atoms with Gasteiger partial charge < -0.3 is 4.74 Å². The third-order valence-electron chi connectivity index (χ3n) is 5.03. The van der Waals surface area contributed by atoms with E-state index in [1.807, 2.05) is 44.2 Å². The standard InChI is InChI=1S/C21H23N3O3S/c1-14-13-18(11-12-19(14)27-3)28(25,26)23-21-15(2)20(16-9-10-16)22-24(21)17-7-5-4-6-8-17/h4-8,11-13,16,23H,9-10H2,1-3H3. The van der Waals surface area contributed by atoms with Crippen molar-refractivity contribution in [1.82, 2.24) is 9.78 Å². The Morgan fingerprint density at radius 3 is 2.43 bits per heavy atom. The molecule has 146 valence electrons. The van der Waals surface area contributed by atoms with Gasteiger partial charge in [-0.05, 0) is 62.6 Å². The smallest absolute Gasteiger partial charge is 0.263 e. The van der Waals surface area contributed by atoms with Gasteiger partial charge in [0.1, 0.15) is 11.6 Å². The summed E-state index contributed by atoms with van der Waals surface area (Å²) in [5.74, 6) is 1.55. The summed E-state index contributed by atoms with van der Waals surface area (Å²) in [6.45, 7) is 3.75. The number of methoxy groups -OCH3 is 1. The first-order valence-electron chi connectivity index (χ1n) is 9.23. The van der Waals surface area contributed by atoms with Gasteiger partial charge in [0.2, 0.25) is 0 Å². The molecule has 2 aromatic carbocycles. The second-order valence-electron chi connectivity index (χ2n) is 7.12. The van der Waals surface area contributed by atoms with E-state index in [-0.39, 0.29) is 4.90 Å². The maximum Gasteiger partial charge on any atom is 0.263 e. The van der Waals surface area contributed by atoms with Crippen molar-refractivity contribution >= 4 is 15.8 Å². The predicted molar refractivity (Wildman–Crippen MR) is 109 cm³/mol. The summed E-state index contributed by atoms with van der Waals surface area (Å²) in [6.07, 6.45) is 2.19. The quantitative estimate of drug-likeness (QED) is 0.677. The van der Waals surface area contributed by atoms with E-state index in [2.05, 4.69) is 4.72 Å². The fourth-order valence-electron chi connectivity index (χ4n) is 3.34. The minimum atomic E-state index is -3.77. The van der Waals surface area contributed by atoms with Gasteiger partial charge in [0.15, 0.2) is 0 Å². The van der Waals surface area contributed by atoms with Crippen molar-refractivity contribution < 1.29 is 13.2 Å². The molecule has 0 atom stereocenters. The molecule has 0 aliphatic heterocycles. The van der Waals surface area contributed by atoms with Gasteiger partial charge in [-0.1, -0.05) is 18.2 Å². The van der Waals surface area contributed by atoms with Gasteiger partial charge in [0, 0.05) is 11.5 Å². The van der Waals surface area contributed by atoms with Crippen molar-refractivity contribution in [2.75, 3.05) is 11.8 Å². The molecule has 1 aliphatic carbocycles. The van der Waals surface area contributed by atoms with Crippen molar-refractivity contribution in [1.29, 1.82) is 0 Å². The van der Waals surface area contributed by atoms with Gasteiger partial charge in [-0.2, -0.15) is 5.10 Å². The molecule has 7 heteroatoms. The van der Waals surface area contributed by atoms with Crippen LogP contribution in [0.25, 0.3) is 5.69 Å². The van der Waals surface area contributed by atoms with E-state index in [9.17, 15) is 8.42 Å². The zero-order chi connectivity index (χ0) is 19.9. The molecule has 28 heavy (non-hydrogen) atoms. The Morgan fingerprint density at radius 2 is 1.82 bits per heavy atom. The Hall–Kier alpha value is -2.80. The molecule has 1 aliphatic rings. The second kappa shape index (κ2) is 6.98. The van der Waals surface area contributed by atoms with E-state index in [0.29, 0.717) is 17.5 Å². The van der Waals surface area contributed by atoms with Crippen LogP contribution in [0.3, 0.4) is 0 Å². The number of aromatic nitrogens is 2. The number of nitrogens with zero attached hydrogens (tertiary/aromatic N) is 2. The minimum absolute atomic E-state index is 0.194. The van der Waals surface area contributed by atoms with Gasteiger partial charge in [0.25, 0.3) is 10.0 Å². The number of hydrogen-bond donors (Lipinski definition) is 1. The highest BCUT2D eigenvalue weighted by Gasteiger charge is 2.31. The van der Waals surface area contributed by atoms with E-state index in [4.69, 9.17) is 9.84 Å². The summed E-state index contributed by atoms with van der Waals surface area (Å²) in [5, 5.41) is 4.73. The SMILES string of the molecule is COc1ccc(S(=O)(=O)Nc2c(C)c(C3CC3)nn2-c2ccccc2)cc1C. The average Bonchev–Trinajstić information content (AvgIpc) is 3.48. The van der Waals surface area contributed by atoms with E-state index in [1.54, 1.807) is 30.0 Å². The lowest BCUT2D eigenvalue weighted by molar-refractivity contribution is 0.411. The lowest BCUT2D eigenvalue weighted by atomic mass is 10.2. The first-order valence-corrected chi connectivity index (χ1v) is 10.7. The molecule has 0 saturated heterocycles. The van der Waals surface area contributed by atoms with Crippen LogP contribution in [0.2, 0.25) is 0 Å². The van der Waals surface area contributed by atoms with Crippen molar-refractivity contribution in [3.05, 3.63) is 65.4 Å². The summed E-state index contributed by atoms with van der Waals surface area (Å²) in [6, 6.07) is 14.4. The normalized spacial score (nSPS) is 14.1. The molecular weight excluding hydrogens is 374 g/mol. The largest absolute Gasteiger partial charge is 0.496 e. The number of benzene rings is 2. The number of rotatable bonds is 6. The molecule has 1 heterocycles. The van der Waals surface area contributed by atoms with Crippen LogP contribution in [0.15, 0.2) is 53.4 Å². The van der Waals surface area contributed by atoms with Crippen LogP contribution in [0.4, 0.5) is 5.82 Å². The van der Waals surface area contributed by atoms with Crippen LogP contribution in [-0.2, 0) is 10.0 Å². The Labute approximate surface area is 165 Å². The highest BCUT2D eigenvalue weighted by molar-refractivity contribution is 7.92. The van der Waals surface area contributed by atoms with Gasteiger partial charge in [-0.15, -0.1) is 0 Å². The maximum absolute atomic E-state index is 13.1. The van der Waals surface area contributed by atoms with Gasteiger partial charge in [0.05, 0.1) is 23.4 Å². The highest BCUT2D eigenvalue weighted by atomic mass is 32.2. The van der Waals surface area contributed by atoms with E-state index < -0.39 is 10.0 Å². The molecule has 0 spiro atoms. The van der Waals surface area contributed by atoms with Crippen LogP contribution in [0.5, 0.6) is 5.75 Å². The Morgan fingerprint density at radius 1 is 1.11 bits per heavy atom. The number of anilines is 1. The van der Waals surface area contributed by atoms with E-state index >= 15 is 0 Å². The molecular formula is C21H23N3O3S. The van der Waals surface area contributed by atoms with Gasteiger partial charge in [-0.3, -0.25) is 4.72 Å². The number of nitrogens with one attached hydrogen (secondary N) is 1. The Bertz CT molecular complexity index is 1120. The molecule has 1 fully saturated rings. The van der Waals surface area contributed by atoms with E-state index in [0.717, 1.165) is 35.3 Å².